The highest BCUT2D eigenvalue weighted by molar-refractivity contribution is 9.10. The van der Waals surface area contributed by atoms with Gasteiger partial charge in [0.25, 0.3) is 5.91 Å². The minimum absolute atomic E-state index is 0.0437. The molecule has 4 heterocycles. The molecule has 0 N–H and O–H groups in total. The molecule has 3 aliphatic heterocycles. The van der Waals surface area contributed by atoms with Crippen LogP contribution in [0.25, 0.3) is 11.3 Å². The van der Waals surface area contributed by atoms with E-state index in [0.29, 0.717) is 13.1 Å². The van der Waals surface area contributed by atoms with Crippen LogP contribution in [0.15, 0.2) is 53.0 Å². The van der Waals surface area contributed by atoms with Crippen molar-refractivity contribution in [1.82, 2.24) is 19.7 Å². The molecule has 2 aromatic carbocycles. The van der Waals surface area contributed by atoms with Crippen molar-refractivity contribution in [2.75, 3.05) is 37.7 Å². The van der Waals surface area contributed by atoms with E-state index in [1.54, 1.807) is 5.06 Å². The number of piperidine rings is 1. The Balaban J connectivity index is 1.09. The van der Waals surface area contributed by atoms with Crippen molar-refractivity contribution in [1.29, 1.82) is 0 Å². The van der Waals surface area contributed by atoms with E-state index in [1.807, 2.05) is 62.1 Å². The summed E-state index contributed by atoms with van der Waals surface area (Å²) in [6.45, 7) is 10.3. The summed E-state index contributed by atoms with van der Waals surface area (Å²) in [5.41, 5.74) is 4.49. The van der Waals surface area contributed by atoms with Crippen molar-refractivity contribution in [3.05, 3.63) is 64.3 Å². The average molecular weight is 667 g/mol. The number of hydrogen-bond acceptors (Lipinski definition) is 8. The van der Waals surface area contributed by atoms with Gasteiger partial charge >= 0.3 is 6.16 Å². The molecular formula is C33H40BrN5O5. The molecule has 44 heavy (non-hydrogen) atoms. The molecule has 0 spiro atoms. The number of ether oxygens (including phenoxy) is 2. The molecule has 1 amide bonds. The molecule has 0 saturated carbocycles. The smallest absolute Gasteiger partial charge is 0.482 e. The second-order valence-electron chi connectivity index (χ2n) is 12.6. The lowest BCUT2D eigenvalue weighted by molar-refractivity contribution is -0.151. The first-order chi connectivity index (χ1) is 21.1. The Bertz CT molecular complexity index is 1490. The maximum Gasteiger partial charge on any atom is 0.528 e. The van der Waals surface area contributed by atoms with E-state index in [4.69, 9.17) is 19.4 Å². The van der Waals surface area contributed by atoms with Crippen LogP contribution >= 0.6 is 15.9 Å². The predicted octanol–water partition coefficient (Wildman–Crippen LogP) is 5.82. The number of amides is 1. The largest absolute Gasteiger partial charge is 0.528 e. The van der Waals surface area contributed by atoms with Crippen LogP contribution < -0.4 is 9.64 Å². The summed E-state index contributed by atoms with van der Waals surface area (Å²) in [6, 6.07) is 16.2. The van der Waals surface area contributed by atoms with Crippen molar-refractivity contribution in [3.8, 4) is 17.0 Å². The van der Waals surface area contributed by atoms with E-state index >= 15 is 0 Å². The first-order valence-electron chi connectivity index (χ1n) is 15.4. The van der Waals surface area contributed by atoms with E-state index in [0.717, 1.165) is 84.6 Å². The molecule has 234 valence electrons. The van der Waals surface area contributed by atoms with Crippen LogP contribution in [0.4, 0.5) is 10.5 Å². The minimum atomic E-state index is -0.690. The molecule has 11 heteroatoms. The van der Waals surface area contributed by atoms with Crippen LogP contribution in [-0.2, 0) is 33.9 Å². The number of carbonyl (C=O) groups excluding carboxylic acids is 2. The lowest BCUT2D eigenvalue weighted by Gasteiger charge is -2.40. The van der Waals surface area contributed by atoms with Gasteiger partial charge in [-0.25, -0.2) is 4.79 Å². The number of aryl methyl sites for hydroxylation is 1. The number of aromatic nitrogens is 2. The summed E-state index contributed by atoms with van der Waals surface area (Å²) in [5.74, 6) is 0.835. The Morgan fingerprint density at radius 2 is 1.80 bits per heavy atom. The number of likely N-dealkylation sites (tertiary alicyclic amines) is 1. The minimum Gasteiger partial charge on any atom is -0.482 e. The van der Waals surface area contributed by atoms with Gasteiger partial charge < -0.3 is 24.1 Å². The summed E-state index contributed by atoms with van der Waals surface area (Å²) in [6.07, 6.45) is 2.89. The number of nitrogens with zero attached hydrogens (tertiary/aromatic N) is 5. The Labute approximate surface area is 266 Å². The number of carbonyl (C=O) groups is 2. The van der Waals surface area contributed by atoms with Gasteiger partial charge in [-0.15, -0.1) is 5.06 Å². The number of para-hydroxylation sites is 2. The molecule has 3 aliphatic rings. The predicted molar refractivity (Wildman–Crippen MR) is 170 cm³/mol. The van der Waals surface area contributed by atoms with Crippen LogP contribution in [0.2, 0.25) is 0 Å². The van der Waals surface area contributed by atoms with Gasteiger partial charge in [0.1, 0.15) is 11.4 Å². The first kappa shape index (κ1) is 30.6. The molecule has 1 saturated heterocycles. The monoisotopic (exact) mass is 665 g/mol. The Morgan fingerprint density at radius 1 is 1.05 bits per heavy atom. The van der Waals surface area contributed by atoms with Crippen LogP contribution in [0.1, 0.15) is 51.3 Å². The second-order valence-corrected chi connectivity index (χ2v) is 13.5. The molecule has 0 aliphatic carbocycles. The number of benzene rings is 2. The number of hydroxylamine groups is 2. The number of fused-ring (bicyclic) bond motifs is 2. The zero-order valence-electron chi connectivity index (χ0n) is 25.6. The summed E-state index contributed by atoms with van der Waals surface area (Å²) < 4.78 is 14.2. The Kier molecular flexibility index (Phi) is 8.98. The van der Waals surface area contributed by atoms with E-state index in [-0.39, 0.29) is 18.6 Å². The maximum absolute atomic E-state index is 12.8. The van der Waals surface area contributed by atoms with Crippen molar-refractivity contribution >= 4 is 33.7 Å². The number of anilines is 1. The van der Waals surface area contributed by atoms with Gasteiger partial charge in [-0.1, -0.05) is 40.2 Å². The van der Waals surface area contributed by atoms with Crippen molar-refractivity contribution < 1.29 is 23.9 Å². The fraction of sp³-hybridized carbons (Fsp3) is 0.485. The molecule has 1 fully saturated rings. The van der Waals surface area contributed by atoms with Gasteiger partial charge in [-0.3, -0.25) is 9.48 Å². The zero-order chi connectivity index (χ0) is 30.8. The Hall–Kier alpha value is -3.41. The number of hydrogen-bond donors (Lipinski definition) is 0. The van der Waals surface area contributed by atoms with Crippen LogP contribution in [-0.4, -0.2) is 76.2 Å². The average Bonchev–Trinajstić information content (AvgIpc) is 3.34. The van der Waals surface area contributed by atoms with E-state index in [1.165, 1.54) is 5.69 Å². The molecule has 6 rings (SSSR count). The van der Waals surface area contributed by atoms with Gasteiger partial charge in [0, 0.05) is 59.9 Å². The molecule has 0 bridgehead atoms. The summed E-state index contributed by atoms with van der Waals surface area (Å²) in [5, 5.41) is 6.75. The molecule has 0 radical (unpaired) electrons. The van der Waals surface area contributed by atoms with Crippen LogP contribution in [0, 0.1) is 0 Å². The van der Waals surface area contributed by atoms with E-state index < -0.39 is 11.8 Å². The molecule has 0 unspecified atom stereocenters. The molecule has 3 aromatic rings. The quantitative estimate of drug-likeness (QED) is 0.292. The third-order valence-electron chi connectivity index (χ3n) is 8.32. The number of rotatable bonds is 7. The summed E-state index contributed by atoms with van der Waals surface area (Å²) >= 11 is 3.53. The van der Waals surface area contributed by atoms with Gasteiger partial charge in [0.2, 0.25) is 0 Å². The van der Waals surface area contributed by atoms with Crippen LogP contribution in [0.5, 0.6) is 5.75 Å². The summed E-state index contributed by atoms with van der Waals surface area (Å²) in [4.78, 5) is 35.2. The molecule has 1 aromatic heterocycles. The lowest BCUT2D eigenvalue weighted by atomic mass is 10.0. The molecule has 0 atom stereocenters. The topological polar surface area (TPSA) is 89.4 Å². The Morgan fingerprint density at radius 3 is 2.55 bits per heavy atom. The van der Waals surface area contributed by atoms with Gasteiger partial charge in [0.05, 0.1) is 17.9 Å². The van der Waals surface area contributed by atoms with Gasteiger partial charge in [-0.2, -0.15) is 5.10 Å². The van der Waals surface area contributed by atoms with Crippen molar-refractivity contribution in [3.63, 3.8) is 0 Å². The lowest BCUT2D eigenvalue weighted by Crippen LogP contribution is -2.50. The fourth-order valence-corrected chi connectivity index (χ4v) is 6.57. The standard InChI is InChI=1S/C33H40BrN5O5/c1-33(2,3)43-32(41)44-37-20-15-27-26(21-37)31(23-9-11-24(34)12-10-23)35-38(27)17-6-16-36-18-13-25(14-19-36)39-28-7-4-5-8-29(28)42-22-30(39)40/h4-5,7-12,25H,6,13-22H2,1-3H3. The molecular weight excluding hydrogens is 626 g/mol. The maximum atomic E-state index is 12.8. The van der Waals surface area contributed by atoms with Gasteiger partial charge in [0.15, 0.2) is 6.61 Å². The highest BCUT2D eigenvalue weighted by Gasteiger charge is 2.34. The van der Waals surface area contributed by atoms with Crippen molar-refractivity contribution in [2.45, 2.75) is 71.2 Å². The molecule has 10 nitrogen and oxygen atoms in total. The van der Waals surface area contributed by atoms with E-state index in [9.17, 15) is 9.59 Å². The summed E-state index contributed by atoms with van der Waals surface area (Å²) in [7, 11) is 0. The SMILES string of the molecule is CC(C)(C)OC(=O)ON1CCc2c(c(-c3ccc(Br)cc3)nn2CCCN2CCC(N3C(=O)COc4ccccc43)CC2)C1. The highest BCUT2D eigenvalue weighted by Crippen LogP contribution is 2.35. The van der Waals surface area contributed by atoms with Crippen LogP contribution in [0.3, 0.4) is 0 Å². The van der Waals surface area contributed by atoms with E-state index in [2.05, 4.69) is 37.6 Å². The number of halogens is 1. The second kappa shape index (κ2) is 12.9. The third-order valence-corrected chi connectivity index (χ3v) is 8.85. The fourth-order valence-electron chi connectivity index (χ4n) is 6.31. The zero-order valence-corrected chi connectivity index (χ0v) is 27.2. The highest BCUT2D eigenvalue weighted by atomic mass is 79.9. The third kappa shape index (κ3) is 6.95. The normalized spacial score (nSPS) is 18.0. The first-order valence-corrected chi connectivity index (χ1v) is 16.2. The van der Waals surface area contributed by atoms with Crippen molar-refractivity contribution in [2.24, 2.45) is 0 Å². The van der Waals surface area contributed by atoms with Gasteiger partial charge in [-0.05, 0) is 70.8 Å².